The van der Waals surface area contributed by atoms with E-state index in [0.717, 1.165) is 0 Å². The van der Waals surface area contributed by atoms with E-state index in [9.17, 15) is 14.7 Å². The number of hydrogen-bond acceptors (Lipinski definition) is 3. The molecule has 7 heteroatoms. The molecule has 2 rings (SSSR count). The zero-order chi connectivity index (χ0) is 15.6. The summed E-state index contributed by atoms with van der Waals surface area (Å²) in [7, 11) is 0. The van der Waals surface area contributed by atoms with Crippen LogP contribution >= 0.6 is 27.5 Å². The van der Waals surface area contributed by atoms with Crippen molar-refractivity contribution in [3.05, 3.63) is 57.0 Å². The van der Waals surface area contributed by atoms with Gasteiger partial charge in [-0.1, -0.05) is 11.6 Å². The second-order valence-electron chi connectivity index (χ2n) is 4.12. The monoisotopic (exact) mass is 369 g/mol. The average Bonchev–Trinajstić information content (AvgIpc) is 2.41. The molecule has 21 heavy (non-hydrogen) atoms. The van der Waals surface area contributed by atoms with Gasteiger partial charge in [0.15, 0.2) is 0 Å². The molecule has 0 aliphatic carbocycles. The Morgan fingerprint density at radius 3 is 2.43 bits per heavy atom. The molecule has 2 aromatic carbocycles. The number of carboxylic acid groups (broad SMARTS) is 1. The molecule has 0 heterocycles. The van der Waals surface area contributed by atoms with Crippen molar-refractivity contribution in [2.75, 3.05) is 5.32 Å². The number of amides is 1. The van der Waals surface area contributed by atoms with Crippen molar-refractivity contribution in [3.63, 3.8) is 0 Å². The highest BCUT2D eigenvalue weighted by Crippen LogP contribution is 2.25. The molecular weight excluding hydrogens is 362 g/mol. The number of halogens is 2. The Kier molecular flexibility index (Phi) is 4.50. The Morgan fingerprint density at radius 1 is 1.14 bits per heavy atom. The minimum Gasteiger partial charge on any atom is -0.507 e. The normalized spacial score (nSPS) is 10.2. The molecule has 0 saturated heterocycles. The van der Waals surface area contributed by atoms with E-state index in [1.54, 1.807) is 6.07 Å². The highest BCUT2D eigenvalue weighted by atomic mass is 79.9. The summed E-state index contributed by atoms with van der Waals surface area (Å²) in [5, 5.41) is 21.0. The van der Waals surface area contributed by atoms with Crippen LogP contribution in [-0.2, 0) is 0 Å². The van der Waals surface area contributed by atoms with Crippen molar-refractivity contribution in [2.24, 2.45) is 0 Å². The zero-order valence-electron chi connectivity index (χ0n) is 10.4. The van der Waals surface area contributed by atoms with Crippen LogP contribution < -0.4 is 5.32 Å². The van der Waals surface area contributed by atoms with Crippen LogP contribution in [0, 0.1) is 0 Å². The van der Waals surface area contributed by atoms with Crippen LogP contribution in [0.3, 0.4) is 0 Å². The number of anilines is 1. The number of aromatic carboxylic acids is 1. The molecule has 0 aliphatic heterocycles. The van der Waals surface area contributed by atoms with Crippen molar-refractivity contribution in [1.29, 1.82) is 0 Å². The first-order valence-corrected chi connectivity index (χ1v) is 6.88. The van der Waals surface area contributed by atoms with Gasteiger partial charge in [-0.2, -0.15) is 0 Å². The first kappa shape index (κ1) is 15.3. The smallest absolute Gasteiger partial charge is 0.337 e. The SMILES string of the molecule is O=C(Nc1ccc(C(=O)O)c(Cl)c1)c1ccc(Br)c(O)c1. The van der Waals surface area contributed by atoms with Gasteiger partial charge in [0.1, 0.15) is 5.75 Å². The largest absolute Gasteiger partial charge is 0.507 e. The molecule has 0 spiro atoms. The minimum absolute atomic E-state index is 0.0268. The van der Waals surface area contributed by atoms with Crippen LogP contribution in [0.2, 0.25) is 5.02 Å². The molecule has 108 valence electrons. The van der Waals surface area contributed by atoms with Gasteiger partial charge in [0.05, 0.1) is 15.1 Å². The van der Waals surface area contributed by atoms with Gasteiger partial charge in [-0.15, -0.1) is 0 Å². The maximum absolute atomic E-state index is 12.0. The average molecular weight is 371 g/mol. The van der Waals surface area contributed by atoms with Crippen molar-refractivity contribution in [3.8, 4) is 5.75 Å². The number of rotatable bonds is 3. The molecule has 0 unspecified atom stereocenters. The lowest BCUT2D eigenvalue weighted by atomic mass is 10.1. The third-order valence-corrected chi connectivity index (χ3v) is 3.65. The van der Waals surface area contributed by atoms with Crippen molar-refractivity contribution < 1.29 is 19.8 Å². The molecule has 0 bridgehead atoms. The lowest BCUT2D eigenvalue weighted by Crippen LogP contribution is -2.12. The number of phenolic OH excluding ortho intramolecular Hbond substituents is 1. The van der Waals surface area contributed by atoms with E-state index in [2.05, 4.69) is 21.2 Å². The fourth-order valence-electron chi connectivity index (χ4n) is 1.62. The summed E-state index contributed by atoms with van der Waals surface area (Å²) in [4.78, 5) is 22.9. The molecule has 0 radical (unpaired) electrons. The van der Waals surface area contributed by atoms with Crippen LogP contribution in [0.1, 0.15) is 20.7 Å². The molecule has 3 N–H and O–H groups in total. The third-order valence-electron chi connectivity index (χ3n) is 2.67. The summed E-state index contributed by atoms with van der Waals surface area (Å²) in [5.74, 6) is -1.64. The summed E-state index contributed by atoms with van der Waals surface area (Å²) in [5.41, 5.74) is 0.572. The van der Waals surface area contributed by atoms with Gasteiger partial charge in [0.25, 0.3) is 5.91 Å². The molecule has 1 amide bonds. The zero-order valence-corrected chi connectivity index (χ0v) is 12.8. The van der Waals surface area contributed by atoms with Gasteiger partial charge in [-0.25, -0.2) is 4.79 Å². The lowest BCUT2D eigenvalue weighted by molar-refractivity contribution is 0.0697. The number of benzene rings is 2. The van der Waals surface area contributed by atoms with Crippen molar-refractivity contribution >= 4 is 45.1 Å². The highest BCUT2D eigenvalue weighted by Gasteiger charge is 2.12. The Balaban J connectivity index is 2.21. The van der Waals surface area contributed by atoms with Crippen LogP contribution in [0.5, 0.6) is 5.75 Å². The van der Waals surface area contributed by atoms with E-state index in [1.165, 1.54) is 30.3 Å². The molecular formula is C14H9BrClNO4. The lowest BCUT2D eigenvalue weighted by Gasteiger charge is -2.08. The third kappa shape index (κ3) is 3.53. The second-order valence-corrected chi connectivity index (χ2v) is 5.38. The Bertz CT molecular complexity index is 733. The minimum atomic E-state index is -1.14. The number of carboxylic acids is 1. The quantitative estimate of drug-likeness (QED) is 0.768. The van der Waals surface area contributed by atoms with E-state index in [4.69, 9.17) is 16.7 Å². The maximum Gasteiger partial charge on any atom is 0.337 e. The molecule has 0 atom stereocenters. The standard InChI is InChI=1S/C14H9BrClNO4/c15-10-4-1-7(5-12(10)18)13(19)17-8-2-3-9(14(20)21)11(16)6-8/h1-6,18H,(H,17,19)(H,20,21). The van der Waals surface area contributed by atoms with E-state index in [1.807, 2.05) is 0 Å². The molecule has 0 aliphatic rings. The van der Waals surface area contributed by atoms with Crippen LogP contribution in [0.4, 0.5) is 5.69 Å². The number of phenols is 1. The summed E-state index contributed by atoms with van der Waals surface area (Å²) < 4.78 is 0.480. The topological polar surface area (TPSA) is 86.6 Å². The number of aromatic hydroxyl groups is 1. The van der Waals surface area contributed by atoms with E-state index in [0.29, 0.717) is 10.2 Å². The van der Waals surface area contributed by atoms with Gasteiger partial charge in [0, 0.05) is 11.3 Å². The van der Waals surface area contributed by atoms with Crippen molar-refractivity contribution in [1.82, 2.24) is 0 Å². The number of hydrogen-bond donors (Lipinski definition) is 3. The number of carbonyl (C=O) groups excluding carboxylic acids is 1. The summed E-state index contributed by atoms with van der Waals surface area (Å²) in [6, 6.07) is 8.48. The second kappa shape index (κ2) is 6.15. The predicted octanol–water partition coefficient (Wildman–Crippen LogP) is 3.76. The molecule has 5 nitrogen and oxygen atoms in total. The maximum atomic E-state index is 12.0. The Hall–Kier alpha value is -2.05. The fourth-order valence-corrected chi connectivity index (χ4v) is 2.13. The van der Waals surface area contributed by atoms with E-state index < -0.39 is 11.9 Å². The summed E-state index contributed by atoms with van der Waals surface area (Å²) >= 11 is 8.94. The summed E-state index contributed by atoms with van der Waals surface area (Å²) in [6.45, 7) is 0. The van der Waals surface area contributed by atoms with Gasteiger partial charge < -0.3 is 15.5 Å². The van der Waals surface area contributed by atoms with E-state index >= 15 is 0 Å². The van der Waals surface area contributed by atoms with Crippen LogP contribution in [-0.4, -0.2) is 22.1 Å². The molecule has 2 aromatic rings. The first-order chi connectivity index (χ1) is 9.88. The first-order valence-electron chi connectivity index (χ1n) is 5.71. The number of carbonyl (C=O) groups is 2. The van der Waals surface area contributed by atoms with Gasteiger partial charge in [0.2, 0.25) is 0 Å². The molecule has 0 fully saturated rings. The van der Waals surface area contributed by atoms with E-state index in [-0.39, 0.29) is 21.9 Å². The Morgan fingerprint density at radius 2 is 1.86 bits per heavy atom. The van der Waals surface area contributed by atoms with Crippen molar-refractivity contribution in [2.45, 2.75) is 0 Å². The van der Waals surface area contributed by atoms with Gasteiger partial charge >= 0.3 is 5.97 Å². The molecule has 0 saturated carbocycles. The predicted molar refractivity (Wildman–Crippen MR) is 82.2 cm³/mol. The van der Waals surface area contributed by atoms with Crippen LogP contribution in [0.15, 0.2) is 40.9 Å². The van der Waals surface area contributed by atoms with Crippen LogP contribution in [0.25, 0.3) is 0 Å². The summed E-state index contributed by atoms with van der Waals surface area (Å²) in [6.07, 6.45) is 0. The highest BCUT2D eigenvalue weighted by molar-refractivity contribution is 9.10. The molecule has 0 aromatic heterocycles. The van der Waals surface area contributed by atoms with Gasteiger partial charge in [-0.05, 0) is 52.3 Å². The Labute approximate surface area is 133 Å². The van der Waals surface area contributed by atoms with Gasteiger partial charge in [-0.3, -0.25) is 4.79 Å². The fraction of sp³-hybridized carbons (Fsp3) is 0. The number of nitrogens with one attached hydrogen (secondary N) is 1.